The summed E-state index contributed by atoms with van der Waals surface area (Å²) in [6.45, 7) is 0. The van der Waals surface area contributed by atoms with Crippen LogP contribution in [0.15, 0.2) is 57.9 Å². The molecule has 0 saturated heterocycles. The molecule has 0 amide bonds. The lowest BCUT2D eigenvalue weighted by Crippen LogP contribution is -2.26. The van der Waals surface area contributed by atoms with E-state index in [-0.39, 0.29) is 4.90 Å². The van der Waals surface area contributed by atoms with E-state index < -0.39 is 10.0 Å². The first kappa shape index (κ1) is 14.6. The molecule has 0 aromatic heterocycles. The maximum atomic E-state index is 12.5. The van der Waals surface area contributed by atoms with Gasteiger partial charge in [0.15, 0.2) is 0 Å². The Balaban J connectivity index is 2.40. The number of hydrogen-bond donors (Lipinski definition) is 0. The third-order valence-corrected chi connectivity index (χ3v) is 5.09. The fraction of sp³-hybridized carbons (Fsp3) is 0.0714. The van der Waals surface area contributed by atoms with Crippen LogP contribution in [0.3, 0.4) is 0 Å². The number of benzene rings is 2. The van der Waals surface area contributed by atoms with Crippen LogP contribution in [0.1, 0.15) is 5.56 Å². The minimum Gasteiger partial charge on any atom is -0.269 e. The van der Waals surface area contributed by atoms with Gasteiger partial charge in [-0.1, -0.05) is 22.0 Å². The molecule has 0 saturated carbocycles. The van der Waals surface area contributed by atoms with Crippen molar-refractivity contribution in [1.29, 1.82) is 5.26 Å². The number of halogens is 1. The molecule has 20 heavy (non-hydrogen) atoms. The van der Waals surface area contributed by atoms with Crippen molar-refractivity contribution in [2.24, 2.45) is 0 Å². The van der Waals surface area contributed by atoms with E-state index in [9.17, 15) is 8.42 Å². The van der Waals surface area contributed by atoms with Crippen LogP contribution in [0, 0.1) is 11.3 Å². The molecule has 0 aliphatic carbocycles. The molecule has 0 spiro atoms. The first-order chi connectivity index (χ1) is 9.45. The van der Waals surface area contributed by atoms with Crippen LogP contribution >= 0.6 is 15.9 Å². The largest absolute Gasteiger partial charge is 0.269 e. The van der Waals surface area contributed by atoms with Gasteiger partial charge in [-0.3, -0.25) is 4.31 Å². The Hall–Kier alpha value is -1.84. The van der Waals surface area contributed by atoms with Crippen LogP contribution in [0.2, 0.25) is 0 Å². The van der Waals surface area contributed by atoms with E-state index in [2.05, 4.69) is 15.9 Å². The molecule has 4 nitrogen and oxygen atoms in total. The predicted molar refractivity (Wildman–Crippen MR) is 80.9 cm³/mol. The number of anilines is 1. The summed E-state index contributed by atoms with van der Waals surface area (Å²) in [5.74, 6) is 0. The molecular formula is C14H11BrN2O2S. The molecule has 2 aromatic carbocycles. The summed E-state index contributed by atoms with van der Waals surface area (Å²) in [5, 5.41) is 8.75. The zero-order chi connectivity index (χ0) is 14.8. The third-order valence-electron chi connectivity index (χ3n) is 2.81. The molecule has 6 heteroatoms. The van der Waals surface area contributed by atoms with E-state index in [0.717, 1.165) is 0 Å². The molecule has 0 heterocycles. The van der Waals surface area contributed by atoms with Crippen molar-refractivity contribution >= 4 is 31.6 Å². The van der Waals surface area contributed by atoms with Gasteiger partial charge in [-0.15, -0.1) is 0 Å². The van der Waals surface area contributed by atoms with E-state index in [1.165, 1.54) is 11.4 Å². The van der Waals surface area contributed by atoms with Gasteiger partial charge in [-0.05, 0) is 42.5 Å². The second kappa shape index (κ2) is 5.65. The van der Waals surface area contributed by atoms with Crippen molar-refractivity contribution in [3.05, 3.63) is 58.6 Å². The van der Waals surface area contributed by atoms with E-state index in [4.69, 9.17) is 5.26 Å². The lowest BCUT2D eigenvalue weighted by Gasteiger charge is -2.19. The van der Waals surface area contributed by atoms with Gasteiger partial charge in [0, 0.05) is 11.5 Å². The minimum atomic E-state index is -3.61. The zero-order valence-corrected chi connectivity index (χ0v) is 13.0. The smallest absolute Gasteiger partial charge is 0.264 e. The van der Waals surface area contributed by atoms with Gasteiger partial charge in [0.25, 0.3) is 10.0 Å². The first-order valence-electron chi connectivity index (χ1n) is 5.70. The van der Waals surface area contributed by atoms with Gasteiger partial charge in [-0.2, -0.15) is 5.26 Å². The highest BCUT2D eigenvalue weighted by Gasteiger charge is 2.21. The molecule has 0 aliphatic heterocycles. The maximum absolute atomic E-state index is 12.5. The Morgan fingerprint density at radius 1 is 1.15 bits per heavy atom. The summed E-state index contributed by atoms with van der Waals surface area (Å²) in [6.07, 6.45) is 0. The van der Waals surface area contributed by atoms with Crippen LogP contribution in [-0.4, -0.2) is 15.5 Å². The molecule has 2 rings (SSSR count). The van der Waals surface area contributed by atoms with Crippen molar-refractivity contribution in [1.82, 2.24) is 0 Å². The fourth-order valence-corrected chi connectivity index (χ4v) is 3.46. The summed E-state index contributed by atoms with van der Waals surface area (Å²) in [5.41, 5.74) is 0.992. The molecule has 0 atom stereocenters. The summed E-state index contributed by atoms with van der Waals surface area (Å²) in [4.78, 5) is 0.207. The highest BCUT2D eigenvalue weighted by atomic mass is 79.9. The van der Waals surface area contributed by atoms with Crippen molar-refractivity contribution in [2.45, 2.75) is 4.90 Å². The van der Waals surface area contributed by atoms with Gasteiger partial charge in [0.2, 0.25) is 0 Å². The Kier molecular flexibility index (Phi) is 4.12. The predicted octanol–water partition coefficient (Wildman–Crippen LogP) is 3.15. The Morgan fingerprint density at radius 3 is 2.35 bits per heavy atom. The van der Waals surface area contributed by atoms with Crippen molar-refractivity contribution < 1.29 is 8.42 Å². The van der Waals surface area contributed by atoms with Crippen LogP contribution in [0.25, 0.3) is 0 Å². The molecule has 0 fully saturated rings. The summed E-state index contributed by atoms with van der Waals surface area (Å²) in [7, 11) is -2.13. The van der Waals surface area contributed by atoms with Crippen LogP contribution in [0.4, 0.5) is 5.69 Å². The van der Waals surface area contributed by atoms with Crippen LogP contribution in [-0.2, 0) is 10.0 Å². The van der Waals surface area contributed by atoms with Crippen molar-refractivity contribution in [3.8, 4) is 6.07 Å². The van der Waals surface area contributed by atoms with Gasteiger partial charge in [0.1, 0.15) is 0 Å². The topological polar surface area (TPSA) is 61.2 Å². The molecule has 0 radical (unpaired) electrons. The van der Waals surface area contributed by atoms with E-state index in [1.807, 2.05) is 6.07 Å². The minimum absolute atomic E-state index is 0.207. The van der Waals surface area contributed by atoms with E-state index in [1.54, 1.807) is 48.5 Å². The molecule has 0 bridgehead atoms. The Labute approximate surface area is 126 Å². The second-order valence-corrected chi connectivity index (χ2v) is 6.97. The summed E-state index contributed by atoms with van der Waals surface area (Å²) >= 11 is 3.26. The average molecular weight is 351 g/mol. The molecular weight excluding hydrogens is 340 g/mol. The van der Waals surface area contributed by atoms with Crippen molar-refractivity contribution in [3.63, 3.8) is 0 Å². The number of sulfonamides is 1. The van der Waals surface area contributed by atoms with E-state index >= 15 is 0 Å². The number of nitrogens with zero attached hydrogens (tertiary/aromatic N) is 2. The van der Waals surface area contributed by atoms with E-state index in [0.29, 0.717) is 15.7 Å². The quantitative estimate of drug-likeness (QED) is 0.854. The molecule has 0 N–H and O–H groups in total. The number of nitriles is 1. The third kappa shape index (κ3) is 2.84. The zero-order valence-electron chi connectivity index (χ0n) is 10.6. The van der Waals surface area contributed by atoms with Gasteiger partial charge in [0.05, 0.1) is 22.2 Å². The maximum Gasteiger partial charge on any atom is 0.264 e. The summed E-state index contributed by atoms with van der Waals surface area (Å²) in [6, 6.07) is 14.9. The molecule has 2 aromatic rings. The molecule has 0 aliphatic rings. The highest BCUT2D eigenvalue weighted by Crippen LogP contribution is 2.24. The normalized spacial score (nSPS) is 10.8. The van der Waals surface area contributed by atoms with Crippen LogP contribution in [0.5, 0.6) is 0 Å². The summed E-state index contributed by atoms with van der Waals surface area (Å²) < 4.78 is 26.8. The lowest BCUT2D eigenvalue weighted by atomic mass is 10.2. The monoisotopic (exact) mass is 350 g/mol. The highest BCUT2D eigenvalue weighted by molar-refractivity contribution is 9.10. The SMILES string of the molecule is CN(c1ccc(C#N)cc1)S(=O)(=O)c1cccc(Br)c1. The number of hydrogen-bond acceptors (Lipinski definition) is 3. The Bertz CT molecular complexity index is 765. The fourth-order valence-electron chi connectivity index (χ4n) is 1.67. The van der Waals surface area contributed by atoms with Crippen LogP contribution < -0.4 is 4.31 Å². The molecule has 102 valence electrons. The Morgan fingerprint density at radius 2 is 1.80 bits per heavy atom. The standard InChI is InChI=1S/C14H11BrN2O2S/c1-17(13-7-5-11(10-16)6-8-13)20(18,19)14-4-2-3-12(15)9-14/h2-9H,1H3. The van der Waals surface area contributed by atoms with Gasteiger partial charge < -0.3 is 0 Å². The van der Waals surface area contributed by atoms with Crippen molar-refractivity contribution in [2.75, 3.05) is 11.4 Å². The molecule has 0 unspecified atom stereocenters. The number of rotatable bonds is 3. The average Bonchev–Trinajstić information content (AvgIpc) is 2.46. The first-order valence-corrected chi connectivity index (χ1v) is 7.93. The van der Waals surface area contributed by atoms with Gasteiger partial charge in [-0.25, -0.2) is 8.42 Å². The lowest BCUT2D eigenvalue weighted by molar-refractivity contribution is 0.594. The second-order valence-electron chi connectivity index (χ2n) is 4.09. The van der Waals surface area contributed by atoms with Gasteiger partial charge >= 0.3 is 0 Å².